The second kappa shape index (κ2) is 4.59. The molecular weight excluding hydrogens is 200 g/mol. The monoisotopic (exact) mass is 212 g/mol. The van der Waals surface area contributed by atoms with Gasteiger partial charge in [-0.3, -0.25) is 4.79 Å². The Labute approximate surface area is 86.9 Å². The van der Waals surface area contributed by atoms with Crippen molar-refractivity contribution in [1.29, 1.82) is 0 Å². The topological polar surface area (TPSA) is 81.5 Å². The molecular formula is C9H12N2O4. The van der Waals surface area contributed by atoms with E-state index in [4.69, 9.17) is 14.6 Å². The van der Waals surface area contributed by atoms with E-state index in [0.717, 1.165) is 0 Å². The first kappa shape index (κ1) is 11.2. The maximum absolute atomic E-state index is 10.6. The third-order valence-corrected chi connectivity index (χ3v) is 1.86. The van der Waals surface area contributed by atoms with E-state index in [1.165, 1.54) is 14.2 Å². The number of aromatic nitrogens is 2. The fourth-order valence-electron chi connectivity index (χ4n) is 1.16. The normalized spacial score (nSPS) is 9.80. The minimum Gasteiger partial charge on any atom is -0.481 e. The molecule has 0 saturated carbocycles. The summed E-state index contributed by atoms with van der Waals surface area (Å²) in [4.78, 5) is 18.5. The smallest absolute Gasteiger partial charge is 0.319 e. The van der Waals surface area contributed by atoms with Crippen molar-refractivity contribution >= 4 is 5.97 Å². The van der Waals surface area contributed by atoms with E-state index >= 15 is 0 Å². The Morgan fingerprint density at radius 1 is 1.33 bits per heavy atom. The molecule has 1 rings (SSSR count). The number of methoxy groups -OCH3 is 2. The van der Waals surface area contributed by atoms with Gasteiger partial charge < -0.3 is 14.6 Å². The molecule has 0 amide bonds. The number of aryl methyl sites for hydroxylation is 1. The van der Waals surface area contributed by atoms with E-state index < -0.39 is 5.97 Å². The molecule has 6 heteroatoms. The van der Waals surface area contributed by atoms with Crippen LogP contribution in [0.15, 0.2) is 0 Å². The van der Waals surface area contributed by atoms with Crippen molar-refractivity contribution in [3.63, 3.8) is 0 Å². The molecule has 82 valence electrons. The highest BCUT2D eigenvalue weighted by atomic mass is 16.5. The van der Waals surface area contributed by atoms with E-state index in [2.05, 4.69) is 9.97 Å². The molecule has 0 radical (unpaired) electrons. The molecule has 0 spiro atoms. The lowest BCUT2D eigenvalue weighted by Crippen LogP contribution is -2.08. The van der Waals surface area contributed by atoms with Gasteiger partial charge >= 0.3 is 12.0 Å². The molecule has 6 nitrogen and oxygen atoms in total. The number of ether oxygens (including phenoxy) is 2. The van der Waals surface area contributed by atoms with Crippen LogP contribution in [0.5, 0.6) is 11.9 Å². The number of carbonyl (C=O) groups is 1. The summed E-state index contributed by atoms with van der Waals surface area (Å²) in [5.41, 5.74) is 1.01. The van der Waals surface area contributed by atoms with Gasteiger partial charge in [0.25, 0.3) is 0 Å². The summed E-state index contributed by atoms with van der Waals surface area (Å²) in [6, 6.07) is 0.165. The summed E-state index contributed by atoms with van der Waals surface area (Å²) in [6.45, 7) is 1.69. The van der Waals surface area contributed by atoms with Gasteiger partial charge in [0, 0.05) is 5.56 Å². The van der Waals surface area contributed by atoms with Crippen LogP contribution in [0.1, 0.15) is 11.3 Å². The summed E-state index contributed by atoms with van der Waals surface area (Å²) in [5, 5.41) is 8.70. The van der Waals surface area contributed by atoms with Crippen LogP contribution >= 0.6 is 0 Å². The van der Waals surface area contributed by atoms with Crippen LogP contribution in [0.4, 0.5) is 0 Å². The minimum atomic E-state index is -0.954. The fraction of sp³-hybridized carbons (Fsp3) is 0.444. The molecule has 1 N–H and O–H groups in total. The lowest BCUT2D eigenvalue weighted by molar-refractivity contribution is -0.136. The molecule has 1 heterocycles. The van der Waals surface area contributed by atoms with Gasteiger partial charge in [-0.2, -0.15) is 4.98 Å². The zero-order valence-electron chi connectivity index (χ0n) is 8.77. The van der Waals surface area contributed by atoms with Crippen molar-refractivity contribution in [2.24, 2.45) is 0 Å². The van der Waals surface area contributed by atoms with E-state index in [0.29, 0.717) is 11.3 Å². The Balaban J connectivity index is 3.18. The first-order chi connectivity index (χ1) is 7.08. The molecule has 0 saturated heterocycles. The first-order valence-corrected chi connectivity index (χ1v) is 4.25. The van der Waals surface area contributed by atoms with Crippen molar-refractivity contribution in [3.8, 4) is 11.9 Å². The van der Waals surface area contributed by atoms with Crippen molar-refractivity contribution in [3.05, 3.63) is 11.3 Å². The van der Waals surface area contributed by atoms with Crippen molar-refractivity contribution < 1.29 is 19.4 Å². The number of rotatable bonds is 4. The predicted octanol–water partition coefficient (Wildman–Crippen LogP) is 0.429. The van der Waals surface area contributed by atoms with E-state index in [1.54, 1.807) is 6.92 Å². The predicted molar refractivity (Wildman–Crippen MR) is 51.2 cm³/mol. The first-order valence-electron chi connectivity index (χ1n) is 4.25. The molecule has 0 aliphatic heterocycles. The Kier molecular flexibility index (Phi) is 3.43. The highest BCUT2D eigenvalue weighted by Gasteiger charge is 2.15. The standard InChI is InChI=1S/C9H12N2O4/c1-5-6(4-7(12)13)8(14-2)11-9(10-5)15-3/h4H2,1-3H3,(H,12,13). The molecule has 0 unspecified atom stereocenters. The summed E-state index contributed by atoms with van der Waals surface area (Å²) < 4.78 is 9.82. The third kappa shape index (κ3) is 2.55. The largest absolute Gasteiger partial charge is 0.481 e. The van der Waals surface area contributed by atoms with Crippen LogP contribution in [0.2, 0.25) is 0 Å². The number of hydrogen-bond acceptors (Lipinski definition) is 5. The van der Waals surface area contributed by atoms with Crippen molar-refractivity contribution in [2.45, 2.75) is 13.3 Å². The SMILES string of the molecule is COc1nc(C)c(CC(=O)O)c(OC)n1. The van der Waals surface area contributed by atoms with Gasteiger partial charge in [-0.1, -0.05) is 0 Å². The lowest BCUT2D eigenvalue weighted by atomic mass is 10.1. The highest BCUT2D eigenvalue weighted by molar-refractivity contribution is 5.71. The maximum Gasteiger partial charge on any atom is 0.319 e. The van der Waals surface area contributed by atoms with Gasteiger partial charge in [-0.25, -0.2) is 4.98 Å². The number of hydrogen-bond donors (Lipinski definition) is 1. The average molecular weight is 212 g/mol. The second-order valence-electron chi connectivity index (χ2n) is 2.85. The maximum atomic E-state index is 10.6. The molecule has 0 aliphatic rings. The lowest BCUT2D eigenvalue weighted by Gasteiger charge is -2.09. The summed E-state index contributed by atoms with van der Waals surface area (Å²) in [5.74, 6) is -0.716. The van der Waals surface area contributed by atoms with E-state index in [-0.39, 0.29) is 18.3 Å². The summed E-state index contributed by atoms with van der Waals surface area (Å²) in [7, 11) is 2.86. The summed E-state index contributed by atoms with van der Waals surface area (Å²) >= 11 is 0. The molecule has 0 aromatic carbocycles. The van der Waals surface area contributed by atoms with Crippen LogP contribution in [0, 0.1) is 6.92 Å². The molecule has 1 aromatic heterocycles. The number of carboxylic acids is 1. The fourth-order valence-corrected chi connectivity index (χ4v) is 1.16. The molecule has 0 bridgehead atoms. The van der Waals surface area contributed by atoms with E-state index in [9.17, 15) is 4.79 Å². The van der Waals surface area contributed by atoms with E-state index in [1.807, 2.05) is 0 Å². The van der Waals surface area contributed by atoms with Crippen molar-refractivity contribution in [2.75, 3.05) is 14.2 Å². The molecule has 15 heavy (non-hydrogen) atoms. The van der Waals surface area contributed by atoms with Gasteiger partial charge in [-0.05, 0) is 6.92 Å². The zero-order chi connectivity index (χ0) is 11.4. The zero-order valence-corrected chi connectivity index (χ0v) is 8.77. The minimum absolute atomic E-state index is 0.165. The van der Waals surface area contributed by atoms with Gasteiger partial charge in [-0.15, -0.1) is 0 Å². The Bertz CT molecular complexity index is 379. The van der Waals surface area contributed by atoms with Crippen LogP contribution in [0.3, 0.4) is 0 Å². The Hall–Kier alpha value is -1.85. The van der Waals surface area contributed by atoms with Crippen LogP contribution in [-0.4, -0.2) is 35.3 Å². The van der Waals surface area contributed by atoms with Crippen LogP contribution in [0.25, 0.3) is 0 Å². The average Bonchev–Trinajstić information content (AvgIpc) is 2.20. The Morgan fingerprint density at radius 3 is 2.47 bits per heavy atom. The van der Waals surface area contributed by atoms with Gasteiger partial charge in [0.1, 0.15) is 0 Å². The molecule has 0 fully saturated rings. The van der Waals surface area contributed by atoms with Crippen LogP contribution < -0.4 is 9.47 Å². The molecule has 1 aromatic rings. The summed E-state index contributed by atoms with van der Waals surface area (Å²) in [6.07, 6.45) is -0.168. The number of aliphatic carboxylic acids is 1. The molecule has 0 aliphatic carbocycles. The quantitative estimate of drug-likeness (QED) is 0.779. The second-order valence-corrected chi connectivity index (χ2v) is 2.85. The Morgan fingerprint density at radius 2 is 2.00 bits per heavy atom. The van der Waals surface area contributed by atoms with Gasteiger partial charge in [0.05, 0.1) is 26.3 Å². The van der Waals surface area contributed by atoms with Crippen LogP contribution in [-0.2, 0) is 11.2 Å². The van der Waals surface area contributed by atoms with Crippen molar-refractivity contribution in [1.82, 2.24) is 9.97 Å². The third-order valence-electron chi connectivity index (χ3n) is 1.86. The molecule has 0 atom stereocenters. The number of carboxylic acid groups (broad SMARTS) is 1. The highest BCUT2D eigenvalue weighted by Crippen LogP contribution is 2.21. The number of nitrogens with zero attached hydrogens (tertiary/aromatic N) is 2. The van der Waals surface area contributed by atoms with Gasteiger partial charge in [0.2, 0.25) is 5.88 Å². The van der Waals surface area contributed by atoms with Gasteiger partial charge in [0.15, 0.2) is 0 Å².